The molecular weight excluding hydrogens is 252 g/mol. The van der Waals surface area contributed by atoms with E-state index in [4.69, 9.17) is 16.3 Å². The minimum Gasteiger partial charge on any atom is -0.467 e. The summed E-state index contributed by atoms with van der Waals surface area (Å²) < 4.78 is 5.00. The summed E-state index contributed by atoms with van der Waals surface area (Å²) in [6, 6.07) is 0.811. The molecule has 1 aromatic rings. The average Bonchev–Trinajstić information content (AvgIpc) is 2.76. The molecule has 3 aliphatic carbocycles. The molecule has 1 N–H and O–H groups in total. The molecule has 3 fully saturated rings. The van der Waals surface area contributed by atoms with Gasteiger partial charge in [0.2, 0.25) is 11.2 Å². The van der Waals surface area contributed by atoms with Crippen molar-refractivity contribution in [2.24, 2.45) is 23.7 Å². The SMILES string of the molecule is COc1nc(Cl)nc(NC2C3C4CCC(C4)C23)n1. The minimum absolute atomic E-state index is 0.179. The summed E-state index contributed by atoms with van der Waals surface area (Å²) in [5.41, 5.74) is 0. The lowest BCUT2D eigenvalue weighted by molar-refractivity contribution is 0.378. The third kappa shape index (κ3) is 1.49. The molecule has 96 valence electrons. The summed E-state index contributed by atoms with van der Waals surface area (Å²) in [6.45, 7) is 0. The average molecular weight is 267 g/mol. The fourth-order valence-electron chi connectivity index (χ4n) is 4.16. The van der Waals surface area contributed by atoms with Gasteiger partial charge in [0, 0.05) is 6.04 Å². The molecule has 4 rings (SSSR count). The summed E-state index contributed by atoms with van der Waals surface area (Å²) in [6.07, 6.45) is 4.26. The van der Waals surface area contributed by atoms with E-state index in [0.717, 1.165) is 23.7 Å². The Morgan fingerprint density at radius 2 is 1.89 bits per heavy atom. The zero-order valence-corrected chi connectivity index (χ0v) is 10.9. The van der Waals surface area contributed by atoms with E-state index in [1.165, 1.54) is 26.4 Å². The molecule has 1 heterocycles. The monoisotopic (exact) mass is 266 g/mol. The zero-order valence-electron chi connectivity index (χ0n) is 10.1. The summed E-state index contributed by atoms with van der Waals surface area (Å²) in [5, 5.41) is 3.59. The number of ether oxygens (including phenoxy) is 1. The molecule has 0 spiro atoms. The summed E-state index contributed by atoms with van der Waals surface area (Å²) in [4.78, 5) is 12.2. The highest BCUT2D eigenvalue weighted by Crippen LogP contribution is 2.66. The van der Waals surface area contributed by atoms with E-state index in [1.54, 1.807) is 0 Å². The number of aromatic nitrogens is 3. The topological polar surface area (TPSA) is 59.9 Å². The van der Waals surface area contributed by atoms with Crippen molar-refractivity contribution in [2.75, 3.05) is 12.4 Å². The van der Waals surface area contributed by atoms with Crippen LogP contribution in [0.15, 0.2) is 0 Å². The van der Waals surface area contributed by atoms with E-state index in [1.807, 2.05) is 0 Å². The van der Waals surface area contributed by atoms with Crippen LogP contribution in [0.3, 0.4) is 0 Å². The fraction of sp³-hybridized carbons (Fsp3) is 0.750. The van der Waals surface area contributed by atoms with E-state index in [2.05, 4.69) is 20.3 Å². The second-order valence-electron chi connectivity index (χ2n) is 5.57. The van der Waals surface area contributed by atoms with Crippen LogP contribution in [-0.4, -0.2) is 28.1 Å². The van der Waals surface area contributed by atoms with Gasteiger partial charge in [-0.2, -0.15) is 15.0 Å². The highest BCUT2D eigenvalue weighted by Gasteiger charge is 2.65. The summed E-state index contributed by atoms with van der Waals surface area (Å²) in [7, 11) is 1.53. The quantitative estimate of drug-likeness (QED) is 0.907. The smallest absolute Gasteiger partial charge is 0.322 e. The molecule has 4 unspecified atom stereocenters. The van der Waals surface area contributed by atoms with Crippen LogP contribution in [0.4, 0.5) is 5.95 Å². The third-order valence-corrected chi connectivity index (χ3v) is 4.97. The first-order chi connectivity index (χ1) is 8.76. The summed E-state index contributed by atoms with van der Waals surface area (Å²) >= 11 is 5.84. The zero-order chi connectivity index (χ0) is 12.3. The first-order valence-corrected chi connectivity index (χ1v) is 6.86. The minimum atomic E-state index is 0.179. The molecule has 5 nitrogen and oxygen atoms in total. The number of fused-ring (bicyclic) bond motifs is 5. The van der Waals surface area contributed by atoms with Gasteiger partial charge < -0.3 is 10.1 Å². The van der Waals surface area contributed by atoms with Gasteiger partial charge in [0.1, 0.15) is 0 Å². The van der Waals surface area contributed by atoms with Gasteiger partial charge in [-0.1, -0.05) is 0 Å². The van der Waals surface area contributed by atoms with Crippen molar-refractivity contribution in [2.45, 2.75) is 25.3 Å². The Hall–Kier alpha value is -1.10. The number of nitrogens with one attached hydrogen (secondary N) is 1. The molecule has 6 heteroatoms. The Kier molecular flexibility index (Phi) is 2.22. The molecule has 0 saturated heterocycles. The Bertz CT molecular complexity index is 481. The standard InChI is InChI=1S/C12H15ClN4O/c1-18-12-16-10(13)15-11(17-12)14-9-7-5-2-3-6(4-5)8(7)9/h5-9H,2-4H2,1H3,(H,14,15,16,17). The predicted molar refractivity (Wildman–Crippen MR) is 66.6 cm³/mol. The molecular formula is C12H15ClN4O. The first-order valence-electron chi connectivity index (χ1n) is 6.48. The molecule has 1 aromatic heterocycles. The third-order valence-electron chi connectivity index (χ3n) is 4.80. The van der Waals surface area contributed by atoms with Crippen molar-refractivity contribution in [3.8, 4) is 6.01 Å². The van der Waals surface area contributed by atoms with Gasteiger partial charge in [0.05, 0.1) is 7.11 Å². The first kappa shape index (κ1) is 10.8. The second-order valence-corrected chi connectivity index (χ2v) is 5.91. The lowest BCUT2D eigenvalue weighted by Gasteiger charge is -2.10. The van der Waals surface area contributed by atoms with E-state index in [9.17, 15) is 0 Å². The summed E-state index contributed by atoms with van der Waals surface area (Å²) in [5.74, 6) is 4.08. The van der Waals surface area contributed by atoms with E-state index < -0.39 is 0 Å². The van der Waals surface area contributed by atoms with Crippen LogP contribution < -0.4 is 10.1 Å². The predicted octanol–water partition coefficient (Wildman–Crippen LogP) is 1.99. The molecule has 0 aromatic carbocycles. The normalized spacial score (nSPS) is 39.6. The van der Waals surface area contributed by atoms with Crippen LogP contribution in [-0.2, 0) is 0 Å². The van der Waals surface area contributed by atoms with E-state index in [0.29, 0.717) is 12.0 Å². The Labute approximate surface area is 110 Å². The van der Waals surface area contributed by atoms with Gasteiger partial charge in [-0.05, 0) is 54.5 Å². The highest BCUT2D eigenvalue weighted by molar-refractivity contribution is 6.28. The lowest BCUT2D eigenvalue weighted by atomic mass is 10.0. The van der Waals surface area contributed by atoms with Gasteiger partial charge in [-0.3, -0.25) is 0 Å². The maximum atomic E-state index is 5.84. The highest BCUT2D eigenvalue weighted by atomic mass is 35.5. The van der Waals surface area contributed by atoms with Crippen LogP contribution in [0.2, 0.25) is 5.28 Å². The number of methoxy groups -OCH3 is 1. The van der Waals surface area contributed by atoms with Crippen molar-refractivity contribution in [1.82, 2.24) is 15.0 Å². The molecule has 2 bridgehead atoms. The molecule has 0 amide bonds. The molecule has 0 radical (unpaired) electrons. The van der Waals surface area contributed by atoms with Crippen molar-refractivity contribution in [1.29, 1.82) is 0 Å². The van der Waals surface area contributed by atoms with Crippen LogP contribution >= 0.6 is 11.6 Å². The van der Waals surface area contributed by atoms with Gasteiger partial charge in [0.25, 0.3) is 0 Å². The van der Waals surface area contributed by atoms with E-state index >= 15 is 0 Å². The van der Waals surface area contributed by atoms with Crippen LogP contribution in [0.5, 0.6) is 6.01 Å². The number of halogens is 1. The number of hydrogen-bond acceptors (Lipinski definition) is 5. The molecule has 3 aliphatic rings. The Morgan fingerprint density at radius 1 is 1.17 bits per heavy atom. The van der Waals surface area contributed by atoms with Crippen LogP contribution in [0.25, 0.3) is 0 Å². The maximum Gasteiger partial charge on any atom is 0.322 e. The molecule has 0 aliphatic heterocycles. The molecule has 3 saturated carbocycles. The Morgan fingerprint density at radius 3 is 2.56 bits per heavy atom. The van der Waals surface area contributed by atoms with Gasteiger partial charge in [-0.25, -0.2) is 0 Å². The van der Waals surface area contributed by atoms with Crippen molar-refractivity contribution in [3.63, 3.8) is 0 Å². The van der Waals surface area contributed by atoms with Gasteiger partial charge in [0.15, 0.2) is 0 Å². The lowest BCUT2D eigenvalue weighted by Crippen LogP contribution is -2.15. The van der Waals surface area contributed by atoms with Crippen molar-refractivity contribution >= 4 is 17.5 Å². The van der Waals surface area contributed by atoms with Crippen molar-refractivity contribution in [3.05, 3.63) is 5.28 Å². The maximum absolute atomic E-state index is 5.84. The molecule has 4 atom stereocenters. The number of hydrogen-bond donors (Lipinski definition) is 1. The van der Waals surface area contributed by atoms with Gasteiger partial charge in [-0.15, -0.1) is 0 Å². The van der Waals surface area contributed by atoms with Crippen LogP contribution in [0, 0.1) is 23.7 Å². The van der Waals surface area contributed by atoms with Crippen LogP contribution in [0.1, 0.15) is 19.3 Å². The van der Waals surface area contributed by atoms with Crippen molar-refractivity contribution < 1.29 is 4.74 Å². The molecule has 18 heavy (non-hydrogen) atoms. The number of nitrogens with zero attached hydrogens (tertiary/aromatic N) is 3. The Balaban J connectivity index is 1.51. The van der Waals surface area contributed by atoms with E-state index in [-0.39, 0.29) is 11.3 Å². The number of rotatable bonds is 3. The number of anilines is 1. The second kappa shape index (κ2) is 3.70. The van der Waals surface area contributed by atoms with Gasteiger partial charge >= 0.3 is 6.01 Å². The largest absolute Gasteiger partial charge is 0.467 e. The fourth-order valence-corrected chi connectivity index (χ4v) is 4.31.